The fourth-order valence-corrected chi connectivity index (χ4v) is 3.50. The molecule has 21 heavy (non-hydrogen) atoms. The Morgan fingerprint density at radius 2 is 2.38 bits per heavy atom. The summed E-state index contributed by atoms with van der Waals surface area (Å²) in [4.78, 5) is 16.2. The van der Waals surface area contributed by atoms with Crippen LogP contribution in [-0.4, -0.2) is 33.6 Å². The van der Waals surface area contributed by atoms with Crippen molar-refractivity contribution in [3.63, 3.8) is 0 Å². The molecule has 2 aromatic rings. The first-order chi connectivity index (χ1) is 10.1. The average Bonchev–Trinajstić information content (AvgIpc) is 2.84. The maximum Gasteiger partial charge on any atom is 0.226 e. The quantitative estimate of drug-likeness (QED) is 0.538. The normalized spacial score (nSPS) is 12.5. The second-order valence-electron chi connectivity index (χ2n) is 4.76. The number of carbonyl (C=O) groups is 1. The molecular formula is C14H19N3O2S2. The van der Waals surface area contributed by atoms with Crippen molar-refractivity contribution in [3.05, 3.63) is 18.2 Å². The van der Waals surface area contributed by atoms with Crippen molar-refractivity contribution in [1.29, 1.82) is 0 Å². The van der Waals surface area contributed by atoms with Gasteiger partial charge in [0.2, 0.25) is 5.91 Å². The molecule has 7 heteroatoms. The zero-order chi connectivity index (χ0) is 15.2. The van der Waals surface area contributed by atoms with Gasteiger partial charge in [0.1, 0.15) is 0 Å². The topological polar surface area (TPSA) is 88.2 Å². The van der Waals surface area contributed by atoms with Crippen LogP contribution < -0.4 is 11.1 Å². The molecule has 0 spiro atoms. The summed E-state index contributed by atoms with van der Waals surface area (Å²) in [7, 11) is 0. The fraction of sp³-hybridized carbons (Fsp3) is 0.429. The Labute approximate surface area is 131 Å². The molecule has 0 aliphatic rings. The number of nitrogen functional groups attached to an aromatic ring is 1. The molecular weight excluding hydrogens is 306 g/mol. The number of nitrogens with two attached hydrogens (primary N) is 1. The molecule has 1 amide bonds. The summed E-state index contributed by atoms with van der Waals surface area (Å²) in [5.74, 6) is 0.838. The molecule has 1 aromatic carbocycles. The number of nitrogens with zero attached hydrogens (tertiary/aromatic N) is 1. The SMILES string of the molecule is CC(CO)SCCCC(=O)Nc1nc2ccc(N)cc2s1. The van der Waals surface area contributed by atoms with E-state index in [1.54, 1.807) is 17.8 Å². The number of thiazole rings is 1. The lowest BCUT2D eigenvalue weighted by Gasteiger charge is -2.06. The monoisotopic (exact) mass is 325 g/mol. The molecule has 1 unspecified atom stereocenters. The highest BCUT2D eigenvalue weighted by Gasteiger charge is 2.08. The van der Waals surface area contributed by atoms with E-state index in [0.717, 1.165) is 22.4 Å². The van der Waals surface area contributed by atoms with Crippen LogP contribution >= 0.6 is 23.1 Å². The van der Waals surface area contributed by atoms with Crippen molar-refractivity contribution in [2.45, 2.75) is 25.0 Å². The number of rotatable bonds is 7. The Morgan fingerprint density at radius 1 is 1.57 bits per heavy atom. The number of benzene rings is 1. The third-order valence-electron chi connectivity index (χ3n) is 2.87. The molecule has 114 valence electrons. The predicted octanol–water partition coefficient (Wildman–Crippen LogP) is 2.71. The van der Waals surface area contributed by atoms with Gasteiger partial charge in [-0.15, -0.1) is 0 Å². The largest absolute Gasteiger partial charge is 0.399 e. The number of aromatic nitrogens is 1. The first kappa shape index (κ1) is 16.1. The number of nitrogens with one attached hydrogen (secondary N) is 1. The van der Waals surface area contributed by atoms with Crippen LogP contribution in [0.1, 0.15) is 19.8 Å². The third kappa shape index (κ3) is 4.87. The predicted molar refractivity (Wildman–Crippen MR) is 90.9 cm³/mol. The third-order valence-corrected chi connectivity index (χ3v) is 5.04. The molecule has 2 rings (SSSR count). The lowest BCUT2D eigenvalue weighted by Crippen LogP contribution is -2.11. The van der Waals surface area contributed by atoms with E-state index in [9.17, 15) is 4.79 Å². The molecule has 0 saturated heterocycles. The van der Waals surface area contributed by atoms with Gasteiger partial charge in [-0.25, -0.2) is 4.98 Å². The Balaban J connectivity index is 1.81. The van der Waals surface area contributed by atoms with Gasteiger partial charge in [0.05, 0.1) is 16.8 Å². The molecule has 1 atom stereocenters. The van der Waals surface area contributed by atoms with E-state index in [2.05, 4.69) is 10.3 Å². The number of aliphatic hydroxyl groups is 1. The minimum atomic E-state index is -0.0284. The van der Waals surface area contributed by atoms with Crippen LogP contribution in [0.3, 0.4) is 0 Å². The number of thioether (sulfide) groups is 1. The molecule has 0 saturated carbocycles. The van der Waals surface area contributed by atoms with Gasteiger partial charge in [0.15, 0.2) is 5.13 Å². The summed E-state index contributed by atoms with van der Waals surface area (Å²) >= 11 is 3.10. The highest BCUT2D eigenvalue weighted by atomic mass is 32.2. The van der Waals surface area contributed by atoms with E-state index in [1.807, 2.05) is 19.1 Å². The molecule has 4 N–H and O–H groups in total. The highest BCUT2D eigenvalue weighted by Crippen LogP contribution is 2.27. The summed E-state index contributed by atoms with van der Waals surface area (Å²) in [6.45, 7) is 2.14. The fourth-order valence-electron chi connectivity index (χ4n) is 1.75. The zero-order valence-electron chi connectivity index (χ0n) is 11.8. The number of aliphatic hydroxyl groups excluding tert-OH is 1. The van der Waals surface area contributed by atoms with Crippen LogP contribution in [0.5, 0.6) is 0 Å². The van der Waals surface area contributed by atoms with E-state index >= 15 is 0 Å². The molecule has 0 fully saturated rings. The Morgan fingerprint density at radius 3 is 3.14 bits per heavy atom. The van der Waals surface area contributed by atoms with Crippen LogP contribution in [0.15, 0.2) is 18.2 Å². The smallest absolute Gasteiger partial charge is 0.226 e. The molecule has 1 aromatic heterocycles. The number of hydrogen-bond acceptors (Lipinski definition) is 6. The van der Waals surface area contributed by atoms with Gasteiger partial charge in [0.25, 0.3) is 0 Å². The average molecular weight is 325 g/mol. The van der Waals surface area contributed by atoms with Gasteiger partial charge in [-0.3, -0.25) is 4.79 Å². The minimum Gasteiger partial charge on any atom is -0.399 e. The van der Waals surface area contributed by atoms with Crippen molar-refractivity contribution < 1.29 is 9.90 Å². The second-order valence-corrected chi connectivity index (χ2v) is 7.34. The van der Waals surface area contributed by atoms with E-state index in [0.29, 0.717) is 17.2 Å². The van der Waals surface area contributed by atoms with Gasteiger partial charge >= 0.3 is 0 Å². The Hall–Kier alpha value is -1.31. The number of carbonyl (C=O) groups excluding carboxylic acids is 1. The molecule has 0 aliphatic carbocycles. The summed E-state index contributed by atoms with van der Waals surface area (Å²) in [5.41, 5.74) is 7.26. The van der Waals surface area contributed by atoms with Crippen LogP contribution in [0.2, 0.25) is 0 Å². The summed E-state index contributed by atoms with van der Waals surface area (Å²) in [6.07, 6.45) is 1.25. The maximum absolute atomic E-state index is 11.8. The van der Waals surface area contributed by atoms with Gasteiger partial charge in [0, 0.05) is 17.4 Å². The molecule has 0 aliphatic heterocycles. The first-order valence-electron chi connectivity index (χ1n) is 6.77. The van der Waals surface area contributed by atoms with Crippen molar-refractivity contribution in [1.82, 2.24) is 4.98 Å². The van der Waals surface area contributed by atoms with Gasteiger partial charge in [-0.05, 0) is 30.4 Å². The molecule has 0 radical (unpaired) electrons. The number of hydrogen-bond donors (Lipinski definition) is 3. The van der Waals surface area contributed by atoms with E-state index in [1.165, 1.54) is 11.3 Å². The van der Waals surface area contributed by atoms with Crippen LogP contribution in [0, 0.1) is 0 Å². The Kier molecular flexibility index (Phi) is 5.84. The lowest BCUT2D eigenvalue weighted by atomic mass is 10.3. The van der Waals surface area contributed by atoms with Crippen LogP contribution in [0.25, 0.3) is 10.2 Å². The summed E-state index contributed by atoms with van der Waals surface area (Å²) in [6, 6.07) is 5.51. The number of amides is 1. The van der Waals surface area contributed by atoms with E-state index < -0.39 is 0 Å². The van der Waals surface area contributed by atoms with Gasteiger partial charge in [-0.1, -0.05) is 18.3 Å². The number of anilines is 2. The van der Waals surface area contributed by atoms with E-state index in [-0.39, 0.29) is 17.8 Å². The van der Waals surface area contributed by atoms with E-state index in [4.69, 9.17) is 10.8 Å². The standard InChI is InChI=1S/C14H19N3O2S2/c1-9(8-18)20-6-2-3-13(19)17-14-16-11-5-4-10(15)7-12(11)21-14/h4-5,7,9,18H,2-3,6,8,15H2,1H3,(H,16,17,19). The van der Waals surface area contributed by atoms with Crippen LogP contribution in [-0.2, 0) is 4.79 Å². The molecule has 0 bridgehead atoms. The Bertz CT molecular complexity index is 615. The molecule has 5 nitrogen and oxygen atoms in total. The molecule has 1 heterocycles. The summed E-state index contributed by atoms with van der Waals surface area (Å²) < 4.78 is 0.970. The number of fused-ring (bicyclic) bond motifs is 1. The van der Waals surface area contributed by atoms with Gasteiger partial charge < -0.3 is 16.2 Å². The minimum absolute atomic E-state index is 0.0284. The second kappa shape index (κ2) is 7.63. The lowest BCUT2D eigenvalue weighted by molar-refractivity contribution is -0.116. The maximum atomic E-state index is 11.8. The highest BCUT2D eigenvalue weighted by molar-refractivity contribution is 7.99. The first-order valence-corrected chi connectivity index (χ1v) is 8.63. The van der Waals surface area contributed by atoms with Crippen molar-refractivity contribution in [3.8, 4) is 0 Å². The van der Waals surface area contributed by atoms with Crippen LogP contribution in [0.4, 0.5) is 10.8 Å². The zero-order valence-corrected chi connectivity index (χ0v) is 13.5. The van der Waals surface area contributed by atoms with Crippen molar-refractivity contribution >= 4 is 50.0 Å². The summed E-state index contributed by atoms with van der Waals surface area (Å²) in [5, 5.41) is 12.6. The van der Waals surface area contributed by atoms with Crippen molar-refractivity contribution in [2.75, 3.05) is 23.4 Å². The van der Waals surface area contributed by atoms with Crippen molar-refractivity contribution in [2.24, 2.45) is 0 Å². The van der Waals surface area contributed by atoms with Gasteiger partial charge in [-0.2, -0.15) is 11.8 Å².